The van der Waals surface area contributed by atoms with Crippen molar-refractivity contribution in [1.82, 2.24) is 15.0 Å². The number of carbonyl (C=O) groups excluding carboxylic acids is 1. The highest BCUT2D eigenvalue weighted by Crippen LogP contribution is 2.32. The van der Waals surface area contributed by atoms with Crippen LogP contribution in [0.1, 0.15) is 55.8 Å². The predicted octanol–water partition coefficient (Wildman–Crippen LogP) is 1.44. The number of morpholine rings is 1. The molecule has 0 spiro atoms. The van der Waals surface area contributed by atoms with Crippen LogP contribution in [0.25, 0.3) is 0 Å². The summed E-state index contributed by atoms with van der Waals surface area (Å²) in [5.41, 5.74) is 0. The van der Waals surface area contributed by atoms with Crippen molar-refractivity contribution in [2.24, 2.45) is 0 Å². The summed E-state index contributed by atoms with van der Waals surface area (Å²) in [5, 5.41) is 4.04. The van der Waals surface area contributed by atoms with E-state index in [1.807, 2.05) is 0 Å². The topological polar surface area (TPSA) is 68.5 Å². The normalized spacial score (nSPS) is 34.6. The molecule has 3 atom stereocenters. The highest BCUT2D eigenvalue weighted by molar-refractivity contribution is 5.86. The van der Waals surface area contributed by atoms with Gasteiger partial charge in [-0.2, -0.15) is 4.98 Å². The van der Waals surface area contributed by atoms with Gasteiger partial charge in [0.1, 0.15) is 11.9 Å². The first-order valence-corrected chi connectivity index (χ1v) is 7.53. The number of hydrogen-bond donors (Lipinski definition) is 0. The molecule has 0 radical (unpaired) electrons. The van der Waals surface area contributed by atoms with Crippen LogP contribution in [0.3, 0.4) is 0 Å². The zero-order chi connectivity index (χ0) is 13.5. The average Bonchev–Trinajstić information content (AvgIpc) is 3.17. The van der Waals surface area contributed by atoms with Crippen molar-refractivity contribution in [3.63, 3.8) is 0 Å². The van der Waals surface area contributed by atoms with Gasteiger partial charge < -0.3 is 9.26 Å². The molecule has 3 fully saturated rings. The molecular formula is C14H19N3O3. The van der Waals surface area contributed by atoms with Crippen LogP contribution in [-0.4, -0.2) is 46.6 Å². The number of nitrogens with zero attached hydrogens (tertiary/aromatic N) is 3. The zero-order valence-electron chi connectivity index (χ0n) is 11.5. The fourth-order valence-electron chi connectivity index (χ4n) is 3.57. The summed E-state index contributed by atoms with van der Waals surface area (Å²) in [6, 6.07) is 0.564. The van der Waals surface area contributed by atoms with Gasteiger partial charge in [-0.1, -0.05) is 5.16 Å². The molecule has 0 bridgehead atoms. The molecule has 6 heteroatoms. The lowest BCUT2D eigenvalue weighted by atomic mass is 10.1. The summed E-state index contributed by atoms with van der Waals surface area (Å²) in [6.45, 7) is 2.72. The lowest BCUT2D eigenvalue weighted by Gasteiger charge is -2.33. The van der Waals surface area contributed by atoms with E-state index in [9.17, 15) is 4.79 Å². The van der Waals surface area contributed by atoms with Crippen LogP contribution < -0.4 is 0 Å². The van der Waals surface area contributed by atoms with E-state index in [1.165, 1.54) is 12.8 Å². The Kier molecular flexibility index (Phi) is 3.07. The number of hydrogen-bond acceptors (Lipinski definition) is 6. The largest absolute Gasteiger partial charge is 0.367 e. The van der Waals surface area contributed by atoms with E-state index < -0.39 is 0 Å². The number of ketones is 1. The Morgan fingerprint density at radius 2 is 2.20 bits per heavy atom. The summed E-state index contributed by atoms with van der Waals surface area (Å²) >= 11 is 0. The molecule has 1 aromatic heterocycles. The molecule has 0 N–H and O–H groups in total. The molecule has 1 aliphatic carbocycles. The second-order valence-electron chi connectivity index (χ2n) is 6.01. The minimum absolute atomic E-state index is 0.113. The third kappa shape index (κ3) is 2.07. The van der Waals surface area contributed by atoms with E-state index in [0.717, 1.165) is 32.5 Å². The molecule has 0 aromatic carbocycles. The third-order valence-electron chi connectivity index (χ3n) is 4.74. The van der Waals surface area contributed by atoms with Crippen molar-refractivity contribution in [2.75, 3.05) is 19.7 Å². The molecule has 0 amide bonds. The maximum absolute atomic E-state index is 11.7. The molecular weight excluding hydrogens is 258 g/mol. The van der Waals surface area contributed by atoms with E-state index in [2.05, 4.69) is 15.0 Å². The second kappa shape index (κ2) is 4.93. The van der Waals surface area contributed by atoms with Gasteiger partial charge in [0.2, 0.25) is 11.7 Å². The number of ether oxygens (including phenoxy) is 1. The van der Waals surface area contributed by atoms with Gasteiger partial charge >= 0.3 is 0 Å². The van der Waals surface area contributed by atoms with Gasteiger partial charge in [0, 0.05) is 19.0 Å². The maximum atomic E-state index is 11.7. The van der Waals surface area contributed by atoms with E-state index >= 15 is 0 Å². The highest BCUT2D eigenvalue weighted by Gasteiger charge is 2.36. The van der Waals surface area contributed by atoms with Gasteiger partial charge in [-0.3, -0.25) is 9.69 Å². The standard InChI is InChI=1S/C14H19N3O3/c18-11-5-1-4-10(11)14-15-13(16-20-14)12-7-17-6-2-3-9(17)8-19-12/h9-10,12H,1-8H2. The number of fused-ring (bicyclic) bond motifs is 1. The van der Waals surface area contributed by atoms with Gasteiger partial charge in [-0.25, -0.2) is 0 Å². The van der Waals surface area contributed by atoms with Gasteiger partial charge in [0.15, 0.2) is 0 Å². The third-order valence-corrected chi connectivity index (χ3v) is 4.74. The molecule has 2 aliphatic heterocycles. The first-order valence-electron chi connectivity index (χ1n) is 7.53. The smallest absolute Gasteiger partial charge is 0.237 e. The van der Waals surface area contributed by atoms with Crippen LogP contribution in [-0.2, 0) is 9.53 Å². The Morgan fingerprint density at radius 3 is 3.05 bits per heavy atom. The molecule has 20 heavy (non-hydrogen) atoms. The minimum Gasteiger partial charge on any atom is -0.367 e. The zero-order valence-corrected chi connectivity index (χ0v) is 11.5. The Labute approximate surface area is 117 Å². The lowest BCUT2D eigenvalue weighted by Crippen LogP contribution is -2.42. The molecule has 3 unspecified atom stereocenters. The van der Waals surface area contributed by atoms with Crippen LogP contribution in [0.5, 0.6) is 0 Å². The molecule has 108 valence electrons. The van der Waals surface area contributed by atoms with Crippen LogP contribution in [0.15, 0.2) is 4.52 Å². The van der Waals surface area contributed by atoms with Crippen LogP contribution >= 0.6 is 0 Å². The highest BCUT2D eigenvalue weighted by atomic mass is 16.5. The van der Waals surface area contributed by atoms with Crippen molar-refractivity contribution in [1.29, 1.82) is 0 Å². The SMILES string of the molecule is O=C1CCCC1c1nc(C2CN3CCCC3CO2)no1. The molecule has 2 saturated heterocycles. The van der Waals surface area contributed by atoms with Crippen molar-refractivity contribution in [3.05, 3.63) is 11.7 Å². The van der Waals surface area contributed by atoms with E-state index in [1.54, 1.807) is 0 Å². The number of Topliss-reactive ketones (excluding diaryl/α,β-unsaturated/α-hetero) is 1. The second-order valence-corrected chi connectivity index (χ2v) is 6.01. The maximum Gasteiger partial charge on any atom is 0.237 e. The fourth-order valence-corrected chi connectivity index (χ4v) is 3.57. The molecule has 3 aliphatic rings. The molecule has 1 saturated carbocycles. The van der Waals surface area contributed by atoms with Gasteiger partial charge in [0.25, 0.3) is 0 Å². The Hall–Kier alpha value is -1.27. The van der Waals surface area contributed by atoms with E-state index in [0.29, 0.717) is 24.2 Å². The van der Waals surface area contributed by atoms with Gasteiger partial charge in [0.05, 0.1) is 12.5 Å². The number of carbonyl (C=O) groups is 1. The predicted molar refractivity (Wildman–Crippen MR) is 69.2 cm³/mol. The first kappa shape index (κ1) is 12.5. The van der Waals surface area contributed by atoms with Crippen molar-refractivity contribution >= 4 is 5.78 Å². The summed E-state index contributed by atoms with van der Waals surface area (Å²) in [4.78, 5) is 18.6. The molecule has 6 nitrogen and oxygen atoms in total. The Balaban J connectivity index is 1.49. The first-order chi connectivity index (χ1) is 9.81. The van der Waals surface area contributed by atoms with Gasteiger partial charge in [-0.15, -0.1) is 0 Å². The summed E-state index contributed by atoms with van der Waals surface area (Å²) in [6.07, 6.45) is 4.75. The molecule has 1 aromatic rings. The van der Waals surface area contributed by atoms with Crippen LogP contribution in [0.2, 0.25) is 0 Å². The van der Waals surface area contributed by atoms with Crippen LogP contribution in [0, 0.1) is 0 Å². The monoisotopic (exact) mass is 277 g/mol. The minimum atomic E-state index is -0.181. The quantitative estimate of drug-likeness (QED) is 0.815. The van der Waals surface area contributed by atoms with E-state index in [4.69, 9.17) is 9.26 Å². The fraction of sp³-hybridized carbons (Fsp3) is 0.786. The van der Waals surface area contributed by atoms with Crippen molar-refractivity contribution in [3.8, 4) is 0 Å². The molecule has 4 rings (SSSR count). The summed E-state index contributed by atoms with van der Waals surface area (Å²) in [5.74, 6) is 1.13. The van der Waals surface area contributed by atoms with Crippen molar-refractivity contribution < 1.29 is 14.1 Å². The van der Waals surface area contributed by atoms with Gasteiger partial charge in [-0.05, 0) is 32.2 Å². The van der Waals surface area contributed by atoms with E-state index in [-0.39, 0.29) is 17.8 Å². The summed E-state index contributed by atoms with van der Waals surface area (Å²) < 4.78 is 11.2. The Morgan fingerprint density at radius 1 is 1.25 bits per heavy atom. The summed E-state index contributed by atoms with van der Waals surface area (Å²) in [7, 11) is 0. The lowest BCUT2D eigenvalue weighted by molar-refractivity contribution is -0.119. The average molecular weight is 277 g/mol. The molecule has 3 heterocycles. The number of rotatable bonds is 2. The van der Waals surface area contributed by atoms with Crippen LogP contribution in [0.4, 0.5) is 0 Å². The number of aromatic nitrogens is 2. The van der Waals surface area contributed by atoms with Crippen molar-refractivity contribution in [2.45, 2.75) is 50.2 Å². The Bertz CT molecular complexity index is 516.